The fourth-order valence-corrected chi connectivity index (χ4v) is 4.96. The van der Waals surface area contributed by atoms with E-state index < -0.39 is 24.2 Å². The van der Waals surface area contributed by atoms with Gasteiger partial charge < -0.3 is 24.6 Å². The molecule has 9 nitrogen and oxygen atoms in total. The van der Waals surface area contributed by atoms with Gasteiger partial charge in [-0.3, -0.25) is 4.57 Å². The number of aromatic nitrogens is 4. The summed E-state index contributed by atoms with van der Waals surface area (Å²) in [4.78, 5) is 13.7. The molecule has 9 heteroatoms. The number of hydrogen-bond donors (Lipinski definition) is 2. The third-order valence-corrected chi connectivity index (χ3v) is 6.49. The summed E-state index contributed by atoms with van der Waals surface area (Å²) >= 11 is 0. The normalized spacial score (nSPS) is 25.3. The Bertz CT molecular complexity index is 1270. The number of ether oxygens (including phenoxy) is 3. The fourth-order valence-electron chi connectivity index (χ4n) is 4.96. The van der Waals surface area contributed by atoms with Gasteiger partial charge in [0.1, 0.15) is 24.6 Å². The minimum atomic E-state index is -0.762. The largest absolute Gasteiger partial charge is 0.394 e. The van der Waals surface area contributed by atoms with Gasteiger partial charge in [-0.05, 0) is 25.0 Å². The number of benzene rings is 2. The van der Waals surface area contributed by atoms with Gasteiger partial charge in [0, 0.05) is 0 Å². The zero-order valence-corrected chi connectivity index (χ0v) is 19.5. The highest BCUT2D eigenvalue weighted by Gasteiger charge is 2.56. The zero-order chi connectivity index (χ0) is 24.0. The van der Waals surface area contributed by atoms with Crippen LogP contribution in [0.2, 0.25) is 0 Å². The zero-order valence-electron chi connectivity index (χ0n) is 19.5. The lowest BCUT2D eigenvalue weighted by atomic mass is 9.99. The van der Waals surface area contributed by atoms with Crippen LogP contribution in [0.4, 0.5) is 5.82 Å². The first kappa shape index (κ1) is 22.1. The van der Waals surface area contributed by atoms with Crippen LogP contribution in [0.25, 0.3) is 11.2 Å². The van der Waals surface area contributed by atoms with Crippen LogP contribution in [0.3, 0.4) is 0 Å². The molecular formula is C26H27N5O4. The maximum Gasteiger partial charge on any atom is 0.167 e. The van der Waals surface area contributed by atoms with E-state index in [9.17, 15) is 5.11 Å². The number of hydrogen-bond acceptors (Lipinski definition) is 8. The van der Waals surface area contributed by atoms with E-state index >= 15 is 0 Å². The summed E-state index contributed by atoms with van der Waals surface area (Å²) in [5.41, 5.74) is 3.45. The molecule has 2 aromatic carbocycles. The van der Waals surface area contributed by atoms with Crippen molar-refractivity contribution < 1.29 is 19.3 Å². The van der Waals surface area contributed by atoms with Gasteiger partial charge in [0.15, 0.2) is 29.0 Å². The van der Waals surface area contributed by atoms with Crippen LogP contribution in [-0.4, -0.2) is 55.3 Å². The molecule has 4 atom stereocenters. The predicted molar refractivity (Wildman–Crippen MR) is 128 cm³/mol. The van der Waals surface area contributed by atoms with Crippen molar-refractivity contribution in [2.24, 2.45) is 0 Å². The number of aliphatic hydroxyl groups excluding tert-OH is 1. The van der Waals surface area contributed by atoms with Crippen LogP contribution in [0, 0.1) is 0 Å². The molecule has 180 valence electrons. The van der Waals surface area contributed by atoms with E-state index in [1.807, 2.05) is 54.8 Å². The van der Waals surface area contributed by atoms with Crippen molar-refractivity contribution in [1.29, 1.82) is 0 Å². The highest BCUT2D eigenvalue weighted by Crippen LogP contribution is 2.43. The summed E-state index contributed by atoms with van der Waals surface area (Å²) in [7, 11) is 0. The molecular weight excluding hydrogens is 446 g/mol. The molecule has 0 saturated carbocycles. The minimum Gasteiger partial charge on any atom is -0.394 e. The number of imidazole rings is 1. The molecule has 6 rings (SSSR count). The Morgan fingerprint density at radius 1 is 0.943 bits per heavy atom. The average molecular weight is 474 g/mol. The lowest BCUT2D eigenvalue weighted by Crippen LogP contribution is -2.31. The van der Waals surface area contributed by atoms with Crippen LogP contribution in [0.5, 0.6) is 0 Å². The monoisotopic (exact) mass is 473 g/mol. The third kappa shape index (κ3) is 3.96. The summed E-state index contributed by atoms with van der Waals surface area (Å²) in [6, 6.07) is 20.3. The quantitative estimate of drug-likeness (QED) is 0.439. The molecule has 2 aliphatic heterocycles. The van der Waals surface area contributed by atoms with Gasteiger partial charge in [0.2, 0.25) is 0 Å². The molecule has 2 aliphatic rings. The first-order valence-corrected chi connectivity index (χ1v) is 11.7. The molecule has 2 N–H and O–H groups in total. The van der Waals surface area contributed by atoms with E-state index in [-0.39, 0.29) is 18.8 Å². The highest BCUT2D eigenvalue weighted by molar-refractivity contribution is 5.83. The number of rotatable bonds is 6. The van der Waals surface area contributed by atoms with Crippen molar-refractivity contribution in [1.82, 2.24) is 19.5 Å². The smallest absolute Gasteiger partial charge is 0.167 e. The van der Waals surface area contributed by atoms with Crippen LogP contribution in [-0.2, 0) is 14.2 Å². The number of anilines is 1. The molecule has 0 unspecified atom stereocenters. The van der Waals surface area contributed by atoms with Crippen LogP contribution in [0.1, 0.15) is 37.2 Å². The molecule has 4 aromatic rings. The molecule has 2 saturated heterocycles. The summed E-state index contributed by atoms with van der Waals surface area (Å²) in [5.74, 6) is -0.148. The van der Waals surface area contributed by atoms with E-state index in [2.05, 4.69) is 44.5 Å². The third-order valence-electron chi connectivity index (χ3n) is 6.49. The number of nitrogens with zero attached hydrogens (tertiary/aromatic N) is 4. The van der Waals surface area contributed by atoms with E-state index in [1.54, 1.807) is 6.33 Å². The Morgan fingerprint density at radius 3 is 2.26 bits per heavy atom. The maximum absolute atomic E-state index is 9.85. The topological polar surface area (TPSA) is 104 Å². The van der Waals surface area contributed by atoms with E-state index in [1.165, 1.54) is 6.33 Å². The number of aliphatic hydroxyl groups is 1. The molecule has 2 aromatic heterocycles. The number of nitrogens with one attached hydrogen (secondary N) is 1. The van der Waals surface area contributed by atoms with Gasteiger partial charge in [0.25, 0.3) is 0 Å². The van der Waals surface area contributed by atoms with Crippen molar-refractivity contribution in [2.75, 3.05) is 11.9 Å². The highest BCUT2D eigenvalue weighted by atomic mass is 16.8. The summed E-state index contributed by atoms with van der Waals surface area (Å²) in [5, 5.41) is 13.4. The van der Waals surface area contributed by atoms with Gasteiger partial charge in [-0.2, -0.15) is 0 Å². The van der Waals surface area contributed by atoms with Gasteiger partial charge >= 0.3 is 0 Å². The van der Waals surface area contributed by atoms with Crippen molar-refractivity contribution in [3.63, 3.8) is 0 Å². The van der Waals surface area contributed by atoms with Crippen molar-refractivity contribution in [3.8, 4) is 0 Å². The first-order chi connectivity index (χ1) is 17.0. The summed E-state index contributed by atoms with van der Waals surface area (Å²) in [6.45, 7) is 3.56. The number of fused-ring (bicyclic) bond motifs is 2. The maximum atomic E-state index is 9.85. The lowest BCUT2D eigenvalue weighted by Gasteiger charge is -2.24. The van der Waals surface area contributed by atoms with Crippen LogP contribution >= 0.6 is 0 Å². The van der Waals surface area contributed by atoms with Crippen molar-refractivity contribution >= 4 is 17.0 Å². The fraction of sp³-hybridized carbons (Fsp3) is 0.346. The Labute approximate surface area is 202 Å². The second kappa shape index (κ2) is 8.69. The molecule has 2 fully saturated rings. The SMILES string of the molecule is CC1(C)O[C@@H]2[C@H](O1)[C@@H](CO)O[C@H]2n1cnc2c(NC(c3ccccc3)c3ccccc3)ncnc21. The Balaban J connectivity index is 1.37. The van der Waals surface area contributed by atoms with Crippen LogP contribution < -0.4 is 5.32 Å². The van der Waals surface area contributed by atoms with Crippen molar-refractivity contribution in [3.05, 3.63) is 84.4 Å². The van der Waals surface area contributed by atoms with Crippen LogP contribution in [0.15, 0.2) is 73.3 Å². The van der Waals surface area contributed by atoms with Gasteiger partial charge in [-0.25, -0.2) is 15.0 Å². The second-order valence-corrected chi connectivity index (χ2v) is 9.26. The van der Waals surface area contributed by atoms with Gasteiger partial charge in [-0.15, -0.1) is 0 Å². The molecule has 0 spiro atoms. The predicted octanol–water partition coefficient (Wildman–Crippen LogP) is 3.44. The molecule has 0 bridgehead atoms. The second-order valence-electron chi connectivity index (χ2n) is 9.26. The minimum absolute atomic E-state index is 0.126. The van der Waals surface area contributed by atoms with E-state index in [4.69, 9.17) is 14.2 Å². The van der Waals surface area contributed by atoms with Gasteiger partial charge in [0.05, 0.1) is 19.0 Å². The van der Waals surface area contributed by atoms with Gasteiger partial charge in [-0.1, -0.05) is 60.7 Å². The molecule has 35 heavy (non-hydrogen) atoms. The van der Waals surface area contributed by atoms with E-state index in [0.29, 0.717) is 17.0 Å². The Morgan fingerprint density at radius 2 is 1.60 bits per heavy atom. The molecule has 4 heterocycles. The first-order valence-electron chi connectivity index (χ1n) is 11.7. The molecule has 0 amide bonds. The molecule has 0 radical (unpaired) electrons. The van der Waals surface area contributed by atoms with Crippen molar-refractivity contribution in [2.45, 2.75) is 50.2 Å². The standard InChI is InChI=1S/C26H27N5O4/c1-26(2)34-21-18(13-32)33-25(22(21)35-26)31-15-29-20-23(27-14-28-24(20)31)30-19(16-9-5-3-6-10-16)17-11-7-4-8-12-17/h3-12,14-15,18-19,21-22,25,32H,13H2,1-2H3,(H,27,28,30)/t18-,21-,22-,25-/m1/s1. The Hall–Kier alpha value is -3.37. The lowest BCUT2D eigenvalue weighted by molar-refractivity contribution is -0.199. The Kier molecular flexibility index (Phi) is 5.49. The van der Waals surface area contributed by atoms with E-state index in [0.717, 1.165) is 11.1 Å². The summed E-state index contributed by atoms with van der Waals surface area (Å²) < 4.78 is 20.1. The average Bonchev–Trinajstić information content (AvgIpc) is 3.54. The summed E-state index contributed by atoms with van der Waals surface area (Å²) in [6.07, 6.45) is 1.39. The molecule has 0 aliphatic carbocycles.